The van der Waals surface area contributed by atoms with Crippen LogP contribution in [0.1, 0.15) is 10.4 Å². The summed E-state index contributed by atoms with van der Waals surface area (Å²) >= 11 is 6.00. The standard InChI is InChI=1S/C12H8ClNO3/c13-8-2-1-3-9-12(8)7(6-14-9)10(15)4-5-11(16)17/h1-6,14H,(H,16,17). The maximum absolute atomic E-state index is 11.7. The SMILES string of the molecule is O=C(O)C=CC(=O)c1c[nH]c2cccc(Cl)c12. The topological polar surface area (TPSA) is 70.2 Å². The molecule has 0 fully saturated rings. The highest BCUT2D eigenvalue weighted by atomic mass is 35.5. The number of benzene rings is 1. The Kier molecular flexibility index (Phi) is 2.97. The van der Waals surface area contributed by atoms with Crippen molar-refractivity contribution in [2.45, 2.75) is 0 Å². The van der Waals surface area contributed by atoms with E-state index in [9.17, 15) is 9.59 Å². The molecule has 0 spiro atoms. The normalized spacial score (nSPS) is 11.1. The molecule has 2 rings (SSSR count). The lowest BCUT2D eigenvalue weighted by Crippen LogP contribution is -1.95. The van der Waals surface area contributed by atoms with Crippen LogP contribution in [0.25, 0.3) is 10.9 Å². The van der Waals surface area contributed by atoms with Crippen LogP contribution in [-0.4, -0.2) is 21.8 Å². The quantitative estimate of drug-likeness (QED) is 0.649. The molecule has 0 bridgehead atoms. The number of aromatic nitrogens is 1. The van der Waals surface area contributed by atoms with Crippen molar-refractivity contribution in [2.75, 3.05) is 0 Å². The van der Waals surface area contributed by atoms with Gasteiger partial charge in [0.15, 0.2) is 5.78 Å². The Morgan fingerprint density at radius 2 is 2.06 bits per heavy atom. The van der Waals surface area contributed by atoms with E-state index < -0.39 is 11.8 Å². The molecule has 0 aliphatic rings. The van der Waals surface area contributed by atoms with Gasteiger partial charge in [-0.1, -0.05) is 17.7 Å². The maximum atomic E-state index is 11.7. The summed E-state index contributed by atoms with van der Waals surface area (Å²) in [5.74, 6) is -1.56. The van der Waals surface area contributed by atoms with Crippen LogP contribution < -0.4 is 0 Å². The molecule has 0 atom stereocenters. The number of hydrogen-bond acceptors (Lipinski definition) is 2. The first-order valence-corrected chi connectivity index (χ1v) is 5.18. The van der Waals surface area contributed by atoms with Gasteiger partial charge in [-0.2, -0.15) is 0 Å². The molecule has 1 aromatic carbocycles. The average Bonchev–Trinajstić information content (AvgIpc) is 2.71. The van der Waals surface area contributed by atoms with Gasteiger partial charge < -0.3 is 10.1 Å². The molecule has 1 aromatic heterocycles. The molecule has 17 heavy (non-hydrogen) atoms. The molecule has 0 aliphatic carbocycles. The molecular formula is C12H8ClNO3. The van der Waals surface area contributed by atoms with Crippen LogP contribution >= 0.6 is 11.6 Å². The number of allylic oxidation sites excluding steroid dienone is 1. The summed E-state index contributed by atoms with van der Waals surface area (Å²) in [7, 11) is 0. The summed E-state index contributed by atoms with van der Waals surface area (Å²) < 4.78 is 0. The van der Waals surface area contributed by atoms with Crippen LogP contribution in [0.15, 0.2) is 36.5 Å². The highest BCUT2D eigenvalue weighted by Crippen LogP contribution is 2.26. The molecular weight excluding hydrogens is 242 g/mol. The first kappa shape index (κ1) is 11.4. The third-order valence-corrected chi connectivity index (χ3v) is 2.61. The van der Waals surface area contributed by atoms with Crippen molar-refractivity contribution in [1.29, 1.82) is 0 Å². The summed E-state index contributed by atoms with van der Waals surface area (Å²) in [4.78, 5) is 25.0. The zero-order valence-electron chi connectivity index (χ0n) is 8.61. The Bertz CT molecular complexity index is 628. The van der Waals surface area contributed by atoms with Crippen LogP contribution in [0, 0.1) is 0 Å². The lowest BCUT2D eigenvalue weighted by atomic mass is 10.1. The molecule has 5 heteroatoms. The largest absolute Gasteiger partial charge is 0.478 e. The first-order valence-electron chi connectivity index (χ1n) is 4.80. The number of aliphatic carboxylic acids is 1. The lowest BCUT2D eigenvalue weighted by Gasteiger charge is -1.96. The zero-order valence-corrected chi connectivity index (χ0v) is 9.36. The van der Waals surface area contributed by atoms with Crippen LogP contribution in [0.2, 0.25) is 5.02 Å². The average molecular weight is 250 g/mol. The Balaban J connectivity index is 2.49. The number of aromatic amines is 1. The second kappa shape index (κ2) is 4.43. The summed E-state index contributed by atoms with van der Waals surface area (Å²) in [6.45, 7) is 0. The summed E-state index contributed by atoms with van der Waals surface area (Å²) in [6.07, 6.45) is 3.33. The van der Waals surface area contributed by atoms with Gasteiger partial charge in [0.25, 0.3) is 0 Å². The third-order valence-electron chi connectivity index (χ3n) is 2.30. The van der Waals surface area contributed by atoms with Gasteiger partial charge in [0.05, 0.1) is 5.02 Å². The van der Waals surface area contributed by atoms with Crippen molar-refractivity contribution in [2.24, 2.45) is 0 Å². The van der Waals surface area contributed by atoms with Gasteiger partial charge in [0.1, 0.15) is 0 Å². The first-order chi connectivity index (χ1) is 8.09. The molecule has 86 valence electrons. The number of carbonyl (C=O) groups excluding carboxylic acids is 1. The number of H-pyrrole nitrogens is 1. The molecule has 0 unspecified atom stereocenters. The van der Waals surface area contributed by atoms with Gasteiger partial charge in [-0.05, 0) is 18.2 Å². The predicted octanol–water partition coefficient (Wildman–Crippen LogP) is 2.64. The second-order valence-electron chi connectivity index (χ2n) is 3.40. The van der Waals surface area contributed by atoms with Crippen molar-refractivity contribution in [1.82, 2.24) is 4.98 Å². The monoisotopic (exact) mass is 249 g/mol. The van der Waals surface area contributed by atoms with E-state index in [2.05, 4.69) is 4.98 Å². The molecule has 0 radical (unpaired) electrons. The molecule has 2 aromatic rings. The van der Waals surface area contributed by atoms with E-state index in [1.807, 2.05) is 0 Å². The molecule has 0 amide bonds. The summed E-state index contributed by atoms with van der Waals surface area (Å²) in [5.41, 5.74) is 1.10. The number of nitrogens with one attached hydrogen (secondary N) is 1. The highest BCUT2D eigenvalue weighted by molar-refractivity contribution is 6.37. The molecule has 4 nitrogen and oxygen atoms in total. The summed E-state index contributed by atoms with van der Waals surface area (Å²) in [6, 6.07) is 5.23. The van der Waals surface area contributed by atoms with Crippen molar-refractivity contribution >= 4 is 34.3 Å². The lowest BCUT2D eigenvalue weighted by molar-refractivity contribution is -0.131. The minimum absolute atomic E-state index is 0.364. The molecule has 1 heterocycles. The molecule has 0 aliphatic heterocycles. The Morgan fingerprint density at radius 3 is 2.76 bits per heavy atom. The van der Waals surface area contributed by atoms with E-state index in [0.717, 1.165) is 17.7 Å². The van der Waals surface area contributed by atoms with Crippen LogP contribution in [0.5, 0.6) is 0 Å². The fourth-order valence-corrected chi connectivity index (χ4v) is 1.85. The van der Waals surface area contributed by atoms with Gasteiger partial charge in [-0.3, -0.25) is 4.79 Å². The van der Waals surface area contributed by atoms with Gasteiger partial charge in [0, 0.05) is 28.7 Å². The predicted molar refractivity (Wildman–Crippen MR) is 64.4 cm³/mol. The van der Waals surface area contributed by atoms with Crippen LogP contribution in [0.3, 0.4) is 0 Å². The zero-order chi connectivity index (χ0) is 12.4. The van der Waals surface area contributed by atoms with Crippen molar-refractivity contribution < 1.29 is 14.7 Å². The van der Waals surface area contributed by atoms with E-state index in [-0.39, 0.29) is 0 Å². The van der Waals surface area contributed by atoms with Gasteiger partial charge in [-0.25, -0.2) is 4.79 Å². The van der Waals surface area contributed by atoms with Crippen molar-refractivity contribution in [3.05, 3.63) is 47.1 Å². The van der Waals surface area contributed by atoms with E-state index in [1.165, 1.54) is 6.20 Å². The Hall–Kier alpha value is -2.07. The van der Waals surface area contributed by atoms with E-state index in [0.29, 0.717) is 16.0 Å². The van der Waals surface area contributed by atoms with E-state index >= 15 is 0 Å². The molecule has 0 saturated carbocycles. The van der Waals surface area contributed by atoms with Crippen LogP contribution in [-0.2, 0) is 4.79 Å². The van der Waals surface area contributed by atoms with Crippen LogP contribution in [0.4, 0.5) is 0 Å². The number of ketones is 1. The molecule has 2 N–H and O–H groups in total. The van der Waals surface area contributed by atoms with Gasteiger partial charge >= 0.3 is 5.97 Å². The number of carboxylic acid groups (broad SMARTS) is 1. The van der Waals surface area contributed by atoms with Gasteiger partial charge in [0.2, 0.25) is 0 Å². The number of carbonyl (C=O) groups is 2. The number of rotatable bonds is 3. The fourth-order valence-electron chi connectivity index (χ4n) is 1.57. The second-order valence-corrected chi connectivity index (χ2v) is 3.81. The fraction of sp³-hybridized carbons (Fsp3) is 0. The Labute approximate surface area is 102 Å². The minimum Gasteiger partial charge on any atom is -0.478 e. The van der Waals surface area contributed by atoms with Crippen molar-refractivity contribution in [3.63, 3.8) is 0 Å². The summed E-state index contributed by atoms with van der Waals surface area (Å²) in [5, 5.41) is 9.52. The molecule has 0 saturated heterocycles. The highest BCUT2D eigenvalue weighted by Gasteiger charge is 2.12. The van der Waals surface area contributed by atoms with E-state index in [4.69, 9.17) is 16.7 Å². The third kappa shape index (κ3) is 2.21. The number of hydrogen-bond donors (Lipinski definition) is 2. The maximum Gasteiger partial charge on any atom is 0.328 e. The smallest absolute Gasteiger partial charge is 0.328 e. The van der Waals surface area contributed by atoms with Gasteiger partial charge in [-0.15, -0.1) is 0 Å². The Morgan fingerprint density at radius 1 is 1.29 bits per heavy atom. The van der Waals surface area contributed by atoms with Crippen molar-refractivity contribution in [3.8, 4) is 0 Å². The minimum atomic E-state index is -1.16. The van der Waals surface area contributed by atoms with E-state index in [1.54, 1.807) is 18.2 Å². The number of carboxylic acids is 1. The number of halogens is 1. The number of fused-ring (bicyclic) bond motifs is 1.